The van der Waals surface area contributed by atoms with Crippen LogP contribution in [0.1, 0.15) is 11.1 Å². The summed E-state index contributed by atoms with van der Waals surface area (Å²) in [5.74, 6) is 0.473. The Morgan fingerprint density at radius 1 is 1.04 bits per heavy atom. The van der Waals surface area contributed by atoms with E-state index in [0.717, 1.165) is 23.4 Å². The Labute approximate surface area is 145 Å². The number of alkyl halides is 3. The van der Waals surface area contributed by atoms with Crippen molar-refractivity contribution in [2.24, 2.45) is 0 Å². The lowest BCUT2D eigenvalue weighted by Gasteiger charge is -2.09. The van der Waals surface area contributed by atoms with Gasteiger partial charge in [-0.15, -0.1) is 10.2 Å². The number of rotatable bonds is 4. The van der Waals surface area contributed by atoms with E-state index in [1.165, 1.54) is 23.9 Å². The lowest BCUT2D eigenvalue weighted by atomic mass is 10.1. The van der Waals surface area contributed by atoms with Crippen molar-refractivity contribution in [1.29, 1.82) is 0 Å². The van der Waals surface area contributed by atoms with Crippen LogP contribution in [-0.4, -0.2) is 14.8 Å². The van der Waals surface area contributed by atoms with E-state index in [0.29, 0.717) is 15.9 Å². The molecule has 2 aromatic carbocycles. The molecule has 3 aromatic rings. The molecule has 0 atom stereocenters. The van der Waals surface area contributed by atoms with Gasteiger partial charge in [0.25, 0.3) is 0 Å². The molecule has 3 rings (SSSR count). The van der Waals surface area contributed by atoms with E-state index in [2.05, 4.69) is 10.2 Å². The van der Waals surface area contributed by atoms with Crippen LogP contribution in [-0.2, 0) is 11.9 Å². The molecule has 0 aliphatic rings. The van der Waals surface area contributed by atoms with Crippen LogP contribution in [0.25, 0.3) is 5.69 Å². The van der Waals surface area contributed by atoms with Gasteiger partial charge in [0.15, 0.2) is 5.16 Å². The summed E-state index contributed by atoms with van der Waals surface area (Å²) in [6.45, 7) is 0. The number of benzene rings is 2. The van der Waals surface area contributed by atoms with Gasteiger partial charge in [-0.3, -0.25) is 4.57 Å². The molecule has 3 nitrogen and oxygen atoms in total. The van der Waals surface area contributed by atoms with Crippen molar-refractivity contribution in [1.82, 2.24) is 14.8 Å². The molecular weight excluding hydrogens is 359 g/mol. The number of halogens is 4. The molecule has 0 amide bonds. The summed E-state index contributed by atoms with van der Waals surface area (Å²) in [6, 6.07) is 12.4. The summed E-state index contributed by atoms with van der Waals surface area (Å²) in [7, 11) is 0. The molecule has 0 N–H and O–H groups in total. The van der Waals surface area contributed by atoms with E-state index in [4.69, 9.17) is 11.6 Å². The van der Waals surface area contributed by atoms with E-state index >= 15 is 0 Å². The fourth-order valence-corrected chi connectivity index (χ4v) is 3.18. The van der Waals surface area contributed by atoms with Crippen molar-refractivity contribution < 1.29 is 13.2 Å². The second-order valence-electron chi connectivity index (χ2n) is 4.92. The van der Waals surface area contributed by atoms with Gasteiger partial charge in [0.2, 0.25) is 0 Å². The third kappa shape index (κ3) is 3.73. The molecular formula is C16H11ClF3N3S. The van der Waals surface area contributed by atoms with Crippen molar-refractivity contribution in [2.75, 3.05) is 0 Å². The molecule has 8 heteroatoms. The minimum absolute atomic E-state index is 0.473. The highest BCUT2D eigenvalue weighted by atomic mass is 35.5. The van der Waals surface area contributed by atoms with Crippen LogP contribution in [0.4, 0.5) is 13.2 Å². The van der Waals surface area contributed by atoms with Crippen molar-refractivity contribution >= 4 is 23.4 Å². The number of hydrogen-bond acceptors (Lipinski definition) is 3. The molecule has 0 aliphatic heterocycles. The Bertz CT molecular complexity index is 831. The van der Waals surface area contributed by atoms with Gasteiger partial charge in [-0.05, 0) is 29.8 Å². The zero-order chi connectivity index (χ0) is 17.2. The predicted octanol–water partition coefficient (Wildman–Crippen LogP) is 5.23. The molecule has 0 radical (unpaired) electrons. The maximum absolute atomic E-state index is 12.6. The average Bonchev–Trinajstić information content (AvgIpc) is 3.01. The fraction of sp³-hybridized carbons (Fsp3) is 0.125. The summed E-state index contributed by atoms with van der Waals surface area (Å²) in [6.07, 6.45) is -2.77. The highest BCUT2D eigenvalue weighted by Crippen LogP contribution is 2.31. The molecule has 24 heavy (non-hydrogen) atoms. The van der Waals surface area contributed by atoms with Gasteiger partial charge in [0.1, 0.15) is 6.33 Å². The SMILES string of the molecule is FC(F)(F)c1ccc(CSc2nncn2-c2ccccc2Cl)cc1. The second-order valence-corrected chi connectivity index (χ2v) is 6.27. The highest BCUT2D eigenvalue weighted by Gasteiger charge is 2.29. The highest BCUT2D eigenvalue weighted by molar-refractivity contribution is 7.98. The first-order valence-electron chi connectivity index (χ1n) is 6.89. The lowest BCUT2D eigenvalue weighted by molar-refractivity contribution is -0.137. The summed E-state index contributed by atoms with van der Waals surface area (Å²) in [5, 5.41) is 9.10. The van der Waals surface area contributed by atoms with E-state index in [-0.39, 0.29) is 0 Å². The molecule has 0 spiro atoms. The molecule has 0 saturated carbocycles. The number of aromatic nitrogens is 3. The van der Waals surface area contributed by atoms with Gasteiger partial charge < -0.3 is 0 Å². The largest absolute Gasteiger partial charge is 0.416 e. The van der Waals surface area contributed by atoms with Gasteiger partial charge in [0.05, 0.1) is 16.3 Å². The van der Waals surface area contributed by atoms with E-state index in [9.17, 15) is 13.2 Å². The monoisotopic (exact) mass is 369 g/mol. The molecule has 0 saturated heterocycles. The van der Waals surface area contributed by atoms with Crippen molar-refractivity contribution in [3.05, 3.63) is 71.0 Å². The Hall–Kier alpha value is -1.99. The van der Waals surface area contributed by atoms with E-state index in [1.807, 2.05) is 18.2 Å². The molecule has 124 valence electrons. The Balaban J connectivity index is 1.75. The van der Waals surface area contributed by atoms with Crippen molar-refractivity contribution in [3.63, 3.8) is 0 Å². The van der Waals surface area contributed by atoms with Gasteiger partial charge in [0, 0.05) is 5.75 Å². The lowest BCUT2D eigenvalue weighted by Crippen LogP contribution is -2.04. The molecule has 1 aromatic heterocycles. The number of nitrogens with zero attached hydrogens (tertiary/aromatic N) is 3. The molecule has 1 heterocycles. The maximum Gasteiger partial charge on any atom is 0.416 e. The molecule has 0 unspecified atom stereocenters. The number of thioether (sulfide) groups is 1. The van der Waals surface area contributed by atoms with Crippen molar-refractivity contribution in [2.45, 2.75) is 17.1 Å². The van der Waals surface area contributed by atoms with Crippen LogP contribution in [0.3, 0.4) is 0 Å². The topological polar surface area (TPSA) is 30.7 Å². The van der Waals surface area contributed by atoms with Crippen LogP contribution >= 0.6 is 23.4 Å². The molecule has 0 fully saturated rings. The van der Waals surface area contributed by atoms with Crippen LogP contribution in [0.15, 0.2) is 60.0 Å². The number of para-hydroxylation sites is 1. The normalized spacial score (nSPS) is 11.7. The molecule has 0 bridgehead atoms. The van der Waals surface area contributed by atoms with E-state index < -0.39 is 11.7 Å². The van der Waals surface area contributed by atoms with Crippen LogP contribution in [0, 0.1) is 0 Å². The first-order chi connectivity index (χ1) is 11.4. The van der Waals surface area contributed by atoms with Crippen LogP contribution < -0.4 is 0 Å². The van der Waals surface area contributed by atoms with Gasteiger partial charge >= 0.3 is 6.18 Å². The number of hydrogen-bond donors (Lipinski definition) is 0. The average molecular weight is 370 g/mol. The first-order valence-corrected chi connectivity index (χ1v) is 8.25. The Morgan fingerprint density at radius 2 is 1.75 bits per heavy atom. The smallest absolute Gasteiger partial charge is 0.275 e. The zero-order valence-corrected chi connectivity index (χ0v) is 13.7. The summed E-state index contributed by atoms with van der Waals surface area (Å²) < 4.78 is 39.5. The third-order valence-electron chi connectivity index (χ3n) is 3.28. The van der Waals surface area contributed by atoms with E-state index in [1.54, 1.807) is 17.0 Å². The quantitative estimate of drug-likeness (QED) is 0.590. The molecule has 0 aliphatic carbocycles. The predicted molar refractivity (Wildman–Crippen MR) is 87.4 cm³/mol. The second kappa shape index (κ2) is 6.86. The fourth-order valence-electron chi connectivity index (χ4n) is 2.07. The standard InChI is InChI=1S/C16H11ClF3N3S/c17-13-3-1-2-4-14(13)23-10-21-22-15(23)24-9-11-5-7-12(8-6-11)16(18,19)20/h1-8,10H,9H2. The first kappa shape index (κ1) is 16.9. The maximum atomic E-state index is 12.6. The van der Waals surface area contributed by atoms with Gasteiger partial charge in [-0.1, -0.05) is 47.6 Å². The Kier molecular flexibility index (Phi) is 4.82. The summed E-state index contributed by atoms with van der Waals surface area (Å²) in [5.41, 5.74) is 0.858. The summed E-state index contributed by atoms with van der Waals surface area (Å²) in [4.78, 5) is 0. The van der Waals surface area contributed by atoms with Crippen molar-refractivity contribution in [3.8, 4) is 5.69 Å². The Morgan fingerprint density at radius 3 is 2.42 bits per heavy atom. The minimum atomic E-state index is -4.32. The third-order valence-corrected chi connectivity index (χ3v) is 4.61. The summed E-state index contributed by atoms with van der Waals surface area (Å²) >= 11 is 7.55. The zero-order valence-electron chi connectivity index (χ0n) is 12.2. The van der Waals surface area contributed by atoms with Crippen LogP contribution in [0.2, 0.25) is 5.02 Å². The van der Waals surface area contributed by atoms with Crippen LogP contribution in [0.5, 0.6) is 0 Å². The van der Waals surface area contributed by atoms with Gasteiger partial charge in [-0.2, -0.15) is 13.2 Å². The minimum Gasteiger partial charge on any atom is -0.275 e. The van der Waals surface area contributed by atoms with Gasteiger partial charge in [-0.25, -0.2) is 0 Å².